The van der Waals surface area contributed by atoms with Crippen LogP contribution in [0.4, 0.5) is 8.78 Å². The first kappa shape index (κ1) is 16.4. The number of nitrogens with zero attached hydrogens (tertiary/aromatic N) is 1. The Morgan fingerprint density at radius 2 is 2.00 bits per heavy atom. The Labute approximate surface area is 142 Å². The molecule has 23 heavy (non-hydrogen) atoms. The minimum atomic E-state index is -0.726. The Kier molecular flexibility index (Phi) is 4.99. The summed E-state index contributed by atoms with van der Waals surface area (Å²) in [5, 5.41) is 3.32. The summed E-state index contributed by atoms with van der Waals surface area (Å²) < 4.78 is 33.5. The van der Waals surface area contributed by atoms with Crippen LogP contribution in [-0.4, -0.2) is 18.1 Å². The number of ether oxygens (including phenoxy) is 1. The Balaban J connectivity index is 1.98. The SMILES string of the molecule is Fc1ccc(F)c(OC(c2cncc(Cl)c2)[C@H]2CCNC2)c1Cl. The zero-order valence-electron chi connectivity index (χ0n) is 12.0. The van der Waals surface area contributed by atoms with E-state index in [-0.39, 0.29) is 16.7 Å². The quantitative estimate of drug-likeness (QED) is 0.822. The Morgan fingerprint density at radius 1 is 1.22 bits per heavy atom. The molecule has 2 heterocycles. The summed E-state index contributed by atoms with van der Waals surface area (Å²) in [6.45, 7) is 1.53. The summed E-state index contributed by atoms with van der Waals surface area (Å²) in [5.41, 5.74) is 0.700. The molecule has 1 aliphatic heterocycles. The van der Waals surface area contributed by atoms with Crippen molar-refractivity contribution in [3.8, 4) is 5.75 Å². The van der Waals surface area contributed by atoms with Crippen molar-refractivity contribution < 1.29 is 13.5 Å². The lowest BCUT2D eigenvalue weighted by Crippen LogP contribution is -2.22. The highest BCUT2D eigenvalue weighted by Crippen LogP contribution is 2.38. The van der Waals surface area contributed by atoms with Crippen molar-refractivity contribution in [1.82, 2.24) is 10.3 Å². The number of halogens is 4. The van der Waals surface area contributed by atoms with Crippen LogP contribution in [0.1, 0.15) is 18.1 Å². The Morgan fingerprint density at radius 3 is 2.70 bits per heavy atom. The first-order valence-corrected chi connectivity index (χ1v) is 7.93. The molecule has 1 fully saturated rings. The molecule has 0 amide bonds. The monoisotopic (exact) mass is 358 g/mol. The molecule has 122 valence electrons. The average Bonchev–Trinajstić information content (AvgIpc) is 3.05. The van der Waals surface area contributed by atoms with E-state index >= 15 is 0 Å². The lowest BCUT2D eigenvalue weighted by Gasteiger charge is -2.25. The van der Waals surface area contributed by atoms with Gasteiger partial charge in [-0.2, -0.15) is 0 Å². The van der Waals surface area contributed by atoms with Crippen molar-refractivity contribution in [2.75, 3.05) is 13.1 Å². The van der Waals surface area contributed by atoms with E-state index in [2.05, 4.69) is 10.3 Å². The van der Waals surface area contributed by atoms with Gasteiger partial charge in [-0.05, 0) is 31.2 Å². The van der Waals surface area contributed by atoms with Crippen LogP contribution in [0.15, 0.2) is 30.6 Å². The van der Waals surface area contributed by atoms with Gasteiger partial charge >= 0.3 is 0 Å². The van der Waals surface area contributed by atoms with Crippen molar-refractivity contribution in [1.29, 1.82) is 0 Å². The molecule has 0 saturated carbocycles. The molecule has 0 bridgehead atoms. The van der Waals surface area contributed by atoms with Crippen LogP contribution in [0, 0.1) is 17.6 Å². The molecule has 1 unspecified atom stereocenters. The molecule has 0 spiro atoms. The summed E-state index contributed by atoms with van der Waals surface area (Å²) in [6.07, 6.45) is 3.43. The maximum absolute atomic E-state index is 14.0. The molecule has 1 aromatic carbocycles. The third-order valence-electron chi connectivity index (χ3n) is 3.83. The normalized spacial score (nSPS) is 18.9. The summed E-state index contributed by atoms with van der Waals surface area (Å²) in [5.74, 6) is -1.64. The second-order valence-corrected chi connectivity index (χ2v) is 6.21. The summed E-state index contributed by atoms with van der Waals surface area (Å²) >= 11 is 11.9. The highest BCUT2D eigenvalue weighted by molar-refractivity contribution is 6.32. The number of pyridine rings is 1. The fourth-order valence-electron chi connectivity index (χ4n) is 2.70. The van der Waals surface area contributed by atoms with Crippen LogP contribution in [0.25, 0.3) is 0 Å². The zero-order chi connectivity index (χ0) is 16.4. The van der Waals surface area contributed by atoms with E-state index in [9.17, 15) is 8.78 Å². The van der Waals surface area contributed by atoms with Gasteiger partial charge in [0.15, 0.2) is 11.6 Å². The molecule has 1 N–H and O–H groups in total. The Bertz CT molecular complexity index is 708. The molecule has 1 saturated heterocycles. The van der Waals surface area contributed by atoms with Crippen LogP contribution < -0.4 is 10.1 Å². The highest BCUT2D eigenvalue weighted by Gasteiger charge is 2.30. The number of nitrogens with one attached hydrogen (secondary N) is 1. The molecule has 2 atom stereocenters. The van der Waals surface area contributed by atoms with Gasteiger partial charge < -0.3 is 10.1 Å². The van der Waals surface area contributed by atoms with Crippen LogP contribution >= 0.6 is 23.2 Å². The summed E-state index contributed by atoms with van der Waals surface area (Å²) in [4.78, 5) is 4.05. The maximum Gasteiger partial charge on any atom is 0.177 e. The molecule has 2 aromatic rings. The third-order valence-corrected chi connectivity index (χ3v) is 4.39. The van der Waals surface area contributed by atoms with Gasteiger partial charge in [-0.15, -0.1) is 0 Å². The van der Waals surface area contributed by atoms with Crippen molar-refractivity contribution in [2.24, 2.45) is 5.92 Å². The lowest BCUT2D eigenvalue weighted by molar-refractivity contribution is 0.137. The Hall–Kier alpha value is -1.43. The fraction of sp³-hybridized carbons (Fsp3) is 0.312. The van der Waals surface area contributed by atoms with Crippen LogP contribution in [0.3, 0.4) is 0 Å². The van der Waals surface area contributed by atoms with E-state index in [1.807, 2.05) is 0 Å². The van der Waals surface area contributed by atoms with Crippen LogP contribution in [0.5, 0.6) is 5.75 Å². The van der Waals surface area contributed by atoms with Gasteiger partial charge in [-0.3, -0.25) is 4.98 Å². The molecule has 0 aliphatic carbocycles. The minimum Gasteiger partial charge on any atom is -0.481 e. The standard InChI is InChI=1S/C16H14Cl2F2N2O/c17-11-5-10(7-22-8-11)15(9-3-4-21-6-9)23-16-13(20)2-1-12(19)14(16)18/h1-2,5,7-9,15,21H,3-4,6H2/t9-,15?/m0/s1. The highest BCUT2D eigenvalue weighted by atomic mass is 35.5. The van der Waals surface area contributed by atoms with Crippen molar-refractivity contribution in [2.45, 2.75) is 12.5 Å². The topological polar surface area (TPSA) is 34.1 Å². The van der Waals surface area contributed by atoms with Gasteiger partial charge in [-0.1, -0.05) is 23.2 Å². The average molecular weight is 359 g/mol. The lowest BCUT2D eigenvalue weighted by atomic mass is 9.96. The van der Waals surface area contributed by atoms with Gasteiger partial charge in [0, 0.05) is 30.4 Å². The summed E-state index contributed by atoms with van der Waals surface area (Å²) in [7, 11) is 0. The second-order valence-electron chi connectivity index (χ2n) is 5.40. The smallest absolute Gasteiger partial charge is 0.177 e. The van der Waals surface area contributed by atoms with Crippen LogP contribution in [0.2, 0.25) is 10.0 Å². The van der Waals surface area contributed by atoms with Gasteiger partial charge in [0.05, 0.1) is 5.02 Å². The van der Waals surface area contributed by atoms with Crippen molar-refractivity contribution in [3.63, 3.8) is 0 Å². The summed E-state index contributed by atoms with van der Waals surface area (Å²) in [6, 6.07) is 3.68. The molecule has 1 aromatic heterocycles. The fourth-order valence-corrected chi connectivity index (χ4v) is 3.08. The molecule has 3 rings (SSSR count). The van der Waals surface area contributed by atoms with E-state index < -0.39 is 17.7 Å². The van der Waals surface area contributed by atoms with E-state index in [1.54, 1.807) is 12.3 Å². The number of hydrogen-bond acceptors (Lipinski definition) is 3. The maximum atomic E-state index is 14.0. The van der Waals surface area contributed by atoms with E-state index in [0.717, 1.165) is 25.1 Å². The van der Waals surface area contributed by atoms with Crippen molar-refractivity contribution >= 4 is 23.2 Å². The molecule has 7 heteroatoms. The zero-order valence-corrected chi connectivity index (χ0v) is 13.5. The van der Waals surface area contributed by atoms with Crippen molar-refractivity contribution in [3.05, 3.63) is 57.8 Å². The van der Waals surface area contributed by atoms with E-state index in [0.29, 0.717) is 17.1 Å². The van der Waals surface area contributed by atoms with Gasteiger partial charge in [0.2, 0.25) is 0 Å². The van der Waals surface area contributed by atoms with Gasteiger partial charge in [-0.25, -0.2) is 8.78 Å². The third kappa shape index (κ3) is 3.57. The van der Waals surface area contributed by atoms with Crippen LogP contribution in [-0.2, 0) is 0 Å². The number of aromatic nitrogens is 1. The molecule has 3 nitrogen and oxygen atoms in total. The molecule has 1 aliphatic rings. The van der Waals surface area contributed by atoms with Gasteiger partial charge in [0.1, 0.15) is 16.9 Å². The molecular weight excluding hydrogens is 345 g/mol. The van der Waals surface area contributed by atoms with Gasteiger partial charge in [0.25, 0.3) is 0 Å². The molecule has 0 radical (unpaired) electrons. The first-order valence-electron chi connectivity index (χ1n) is 7.17. The largest absolute Gasteiger partial charge is 0.481 e. The second kappa shape index (κ2) is 6.99. The number of rotatable bonds is 4. The minimum absolute atomic E-state index is 0.0778. The first-order chi connectivity index (χ1) is 11.1. The number of hydrogen-bond donors (Lipinski definition) is 1. The number of benzene rings is 1. The predicted octanol–water partition coefficient (Wildman–Crippen LogP) is 4.40. The van der Waals surface area contributed by atoms with E-state index in [1.165, 1.54) is 6.20 Å². The molecular formula is C16H14Cl2F2N2O. The predicted molar refractivity (Wildman–Crippen MR) is 85.0 cm³/mol. The van der Waals surface area contributed by atoms with E-state index in [4.69, 9.17) is 27.9 Å².